The lowest BCUT2D eigenvalue weighted by Crippen LogP contribution is -2.58. The second kappa shape index (κ2) is 5.33. The monoisotopic (exact) mass is 327 g/mol. The Morgan fingerprint density at radius 1 is 1.04 bits per heavy atom. The predicted octanol–water partition coefficient (Wildman–Crippen LogP) is 5.23. The van der Waals surface area contributed by atoms with Crippen molar-refractivity contribution in [3.8, 4) is 6.07 Å². The quantitative estimate of drug-likeness (QED) is 0.611. The molecule has 4 aliphatic rings. The van der Waals surface area contributed by atoms with Crippen molar-refractivity contribution >= 4 is 5.78 Å². The van der Waals surface area contributed by atoms with Crippen LogP contribution < -0.4 is 0 Å². The van der Waals surface area contributed by atoms with Crippen molar-refractivity contribution in [3.05, 3.63) is 0 Å². The molecule has 0 aromatic rings. The van der Waals surface area contributed by atoms with Gasteiger partial charge in [0.1, 0.15) is 5.78 Å². The number of hydrogen-bond acceptors (Lipinski definition) is 2. The van der Waals surface area contributed by atoms with Gasteiger partial charge in [-0.25, -0.2) is 0 Å². The normalized spacial score (nSPS) is 56.8. The highest BCUT2D eigenvalue weighted by molar-refractivity contribution is 5.84. The number of rotatable bonds is 0. The highest BCUT2D eigenvalue weighted by Gasteiger charge is 2.63. The summed E-state index contributed by atoms with van der Waals surface area (Å²) in [5.74, 6) is 4.33. The van der Waals surface area contributed by atoms with E-state index in [1.165, 1.54) is 32.1 Å². The van der Waals surface area contributed by atoms with Crippen LogP contribution in [0, 0.1) is 63.6 Å². The van der Waals surface area contributed by atoms with E-state index < -0.39 is 0 Å². The highest BCUT2D eigenvalue weighted by Crippen LogP contribution is 2.67. The van der Waals surface area contributed by atoms with Gasteiger partial charge in [-0.3, -0.25) is 4.79 Å². The molecule has 0 amide bonds. The maximum Gasteiger partial charge on any atom is 0.137 e. The Hall–Kier alpha value is -0.840. The molecule has 2 heteroatoms. The standard InChI is InChI=1S/C22H33NO/c1-13-9-15-5-7-17-18-8-6-16(12-23)21(18,3)11-19(24)20(17)22(15,4)10-14(13)2/h13-18,20H,5-11H2,1-4H3/t13-,14-,15-,16+,17-,18-,20+,21+,22-/m0/s1. The molecule has 4 aliphatic carbocycles. The first-order valence-corrected chi connectivity index (χ1v) is 10.2. The highest BCUT2D eigenvalue weighted by atomic mass is 16.1. The Bertz CT molecular complexity index is 591. The van der Waals surface area contributed by atoms with Gasteiger partial charge in [0.2, 0.25) is 0 Å². The largest absolute Gasteiger partial charge is 0.299 e. The molecule has 132 valence electrons. The smallest absolute Gasteiger partial charge is 0.137 e. The number of hydrogen-bond donors (Lipinski definition) is 0. The van der Waals surface area contributed by atoms with E-state index in [2.05, 4.69) is 33.8 Å². The first-order chi connectivity index (χ1) is 11.3. The second-order valence-corrected chi connectivity index (χ2v) is 10.3. The van der Waals surface area contributed by atoms with E-state index >= 15 is 0 Å². The summed E-state index contributed by atoms with van der Waals surface area (Å²) in [5, 5.41) is 9.59. The zero-order chi connectivity index (χ0) is 17.3. The second-order valence-electron chi connectivity index (χ2n) is 10.3. The summed E-state index contributed by atoms with van der Waals surface area (Å²) in [6.07, 6.45) is 7.96. The molecule has 0 spiro atoms. The Balaban J connectivity index is 1.70. The molecular formula is C22H33NO. The number of Topliss-reactive ketones (excluding diaryl/α,β-unsaturated/α-hetero) is 1. The lowest BCUT2D eigenvalue weighted by Gasteiger charge is -2.60. The topological polar surface area (TPSA) is 40.9 Å². The zero-order valence-corrected chi connectivity index (χ0v) is 15.8. The van der Waals surface area contributed by atoms with Crippen molar-refractivity contribution in [2.75, 3.05) is 0 Å². The number of fused-ring (bicyclic) bond motifs is 5. The minimum absolute atomic E-state index is 0.0379. The molecule has 0 bridgehead atoms. The molecule has 24 heavy (non-hydrogen) atoms. The lowest BCUT2D eigenvalue weighted by molar-refractivity contribution is -0.160. The molecule has 0 unspecified atom stereocenters. The summed E-state index contributed by atoms with van der Waals surface area (Å²) in [7, 11) is 0. The van der Waals surface area contributed by atoms with E-state index in [1.807, 2.05) is 0 Å². The summed E-state index contributed by atoms with van der Waals surface area (Å²) in [6.45, 7) is 9.51. The molecule has 0 heterocycles. The zero-order valence-electron chi connectivity index (χ0n) is 15.8. The number of ketones is 1. The van der Waals surface area contributed by atoms with Crippen LogP contribution >= 0.6 is 0 Å². The first-order valence-electron chi connectivity index (χ1n) is 10.2. The molecule has 4 saturated carbocycles. The maximum atomic E-state index is 13.4. The molecule has 0 aliphatic heterocycles. The average Bonchev–Trinajstić information content (AvgIpc) is 2.84. The fourth-order valence-corrected chi connectivity index (χ4v) is 7.85. The molecule has 0 N–H and O–H groups in total. The van der Waals surface area contributed by atoms with Gasteiger partial charge >= 0.3 is 0 Å². The van der Waals surface area contributed by atoms with E-state index in [4.69, 9.17) is 0 Å². The number of nitrogens with zero attached hydrogens (tertiary/aromatic N) is 1. The third kappa shape index (κ3) is 2.03. The first kappa shape index (κ1) is 16.6. The Morgan fingerprint density at radius 3 is 2.50 bits per heavy atom. The number of carbonyl (C=O) groups excluding carboxylic acids is 1. The van der Waals surface area contributed by atoms with E-state index in [1.54, 1.807) is 0 Å². The predicted molar refractivity (Wildman–Crippen MR) is 94.9 cm³/mol. The summed E-state index contributed by atoms with van der Waals surface area (Å²) in [4.78, 5) is 13.4. The van der Waals surface area contributed by atoms with Gasteiger partial charge in [-0.2, -0.15) is 5.26 Å². The molecule has 2 nitrogen and oxygen atoms in total. The fraction of sp³-hybridized carbons (Fsp3) is 0.909. The van der Waals surface area contributed by atoms with Crippen molar-refractivity contribution < 1.29 is 4.79 Å². The van der Waals surface area contributed by atoms with Crippen molar-refractivity contribution in [3.63, 3.8) is 0 Å². The van der Waals surface area contributed by atoms with Crippen molar-refractivity contribution in [2.24, 2.45) is 52.3 Å². The van der Waals surface area contributed by atoms with E-state index in [9.17, 15) is 10.1 Å². The molecule has 9 atom stereocenters. The summed E-state index contributed by atoms with van der Waals surface area (Å²) in [5.41, 5.74) is 0.182. The molecule has 0 radical (unpaired) electrons. The molecule has 4 rings (SSSR count). The fourth-order valence-electron chi connectivity index (χ4n) is 7.85. The summed E-state index contributed by atoms with van der Waals surface area (Å²) < 4.78 is 0. The van der Waals surface area contributed by atoms with Gasteiger partial charge < -0.3 is 0 Å². The van der Waals surface area contributed by atoms with Crippen molar-refractivity contribution in [1.29, 1.82) is 5.26 Å². The van der Waals surface area contributed by atoms with Crippen LogP contribution in [0.3, 0.4) is 0 Å². The van der Waals surface area contributed by atoms with Gasteiger partial charge in [-0.05, 0) is 78.9 Å². The molecule has 0 aromatic carbocycles. The number of nitriles is 1. The summed E-state index contributed by atoms with van der Waals surface area (Å²) >= 11 is 0. The van der Waals surface area contributed by atoms with Crippen molar-refractivity contribution in [1.82, 2.24) is 0 Å². The van der Waals surface area contributed by atoms with E-state index in [-0.39, 0.29) is 22.7 Å². The van der Waals surface area contributed by atoms with Crippen LogP contribution in [0.5, 0.6) is 0 Å². The van der Waals surface area contributed by atoms with Crippen LogP contribution in [0.2, 0.25) is 0 Å². The third-order valence-electron chi connectivity index (χ3n) is 9.29. The van der Waals surface area contributed by atoms with Crippen LogP contribution in [0.1, 0.15) is 72.6 Å². The van der Waals surface area contributed by atoms with Crippen LogP contribution in [-0.4, -0.2) is 5.78 Å². The Labute approximate surface area is 147 Å². The van der Waals surface area contributed by atoms with Gasteiger partial charge in [0.25, 0.3) is 0 Å². The molecule has 4 fully saturated rings. The van der Waals surface area contributed by atoms with E-state index in [0.29, 0.717) is 24.0 Å². The van der Waals surface area contributed by atoms with Crippen LogP contribution in [0.25, 0.3) is 0 Å². The third-order valence-corrected chi connectivity index (χ3v) is 9.29. The lowest BCUT2D eigenvalue weighted by atomic mass is 9.43. The molecule has 0 aromatic heterocycles. The van der Waals surface area contributed by atoms with Crippen molar-refractivity contribution in [2.45, 2.75) is 72.6 Å². The van der Waals surface area contributed by atoms with Crippen LogP contribution in [-0.2, 0) is 4.79 Å². The Kier molecular flexibility index (Phi) is 3.69. The van der Waals surface area contributed by atoms with Gasteiger partial charge in [-0.1, -0.05) is 27.7 Å². The number of carbonyl (C=O) groups is 1. The summed E-state index contributed by atoms with van der Waals surface area (Å²) in [6, 6.07) is 2.55. The molecular weight excluding hydrogens is 294 g/mol. The van der Waals surface area contributed by atoms with Gasteiger partial charge in [0.05, 0.1) is 12.0 Å². The van der Waals surface area contributed by atoms with Gasteiger partial charge in [0.15, 0.2) is 0 Å². The minimum Gasteiger partial charge on any atom is -0.299 e. The Morgan fingerprint density at radius 2 is 1.79 bits per heavy atom. The molecule has 0 saturated heterocycles. The van der Waals surface area contributed by atoms with E-state index in [0.717, 1.165) is 24.2 Å². The van der Waals surface area contributed by atoms with Gasteiger partial charge in [0, 0.05) is 12.3 Å². The minimum atomic E-state index is -0.0379. The average molecular weight is 328 g/mol. The SMILES string of the molecule is C[C@H]1C[C@@H]2CC[C@H]3[C@@H]4CC[C@H](C#N)[C@@]4(C)CC(=O)[C@@H]3[C@@]2(C)C[C@@H]1C. The van der Waals surface area contributed by atoms with Crippen LogP contribution in [0.15, 0.2) is 0 Å². The maximum absolute atomic E-state index is 13.4. The van der Waals surface area contributed by atoms with Gasteiger partial charge in [-0.15, -0.1) is 0 Å². The van der Waals surface area contributed by atoms with Crippen LogP contribution in [0.4, 0.5) is 0 Å².